The first-order valence-corrected chi connectivity index (χ1v) is 12.7. The average Bonchev–Trinajstić information content (AvgIpc) is 3.33. The van der Waals surface area contributed by atoms with Gasteiger partial charge in [0.1, 0.15) is 6.10 Å². The molecule has 2 heterocycles. The summed E-state index contributed by atoms with van der Waals surface area (Å²) in [6.45, 7) is 1.43. The summed E-state index contributed by atoms with van der Waals surface area (Å²) in [5, 5.41) is 20.1. The van der Waals surface area contributed by atoms with Crippen LogP contribution in [0.1, 0.15) is 51.4 Å². The zero-order valence-corrected chi connectivity index (χ0v) is 18.5. The first-order valence-electron chi connectivity index (χ1n) is 11.2. The maximum Gasteiger partial charge on any atom is 0.252 e. The molecule has 9 heteroatoms. The van der Waals surface area contributed by atoms with Crippen LogP contribution in [0.25, 0.3) is 0 Å². The fourth-order valence-corrected chi connectivity index (χ4v) is 7.53. The number of methoxy groups -OCH3 is 1. The van der Waals surface area contributed by atoms with Crippen molar-refractivity contribution in [1.82, 2.24) is 9.21 Å². The predicted molar refractivity (Wildman–Crippen MR) is 111 cm³/mol. The molecule has 0 spiro atoms. The van der Waals surface area contributed by atoms with Crippen LogP contribution >= 0.6 is 0 Å². The minimum absolute atomic E-state index is 0.0484. The molecule has 30 heavy (non-hydrogen) atoms. The van der Waals surface area contributed by atoms with Crippen LogP contribution in [0.2, 0.25) is 0 Å². The predicted octanol–water partition coefficient (Wildman–Crippen LogP) is 0.640. The Labute approximate surface area is 178 Å². The highest BCUT2D eigenvalue weighted by Gasteiger charge is 2.44. The molecule has 8 nitrogen and oxygen atoms in total. The van der Waals surface area contributed by atoms with Crippen molar-refractivity contribution in [2.75, 3.05) is 33.3 Å². The van der Waals surface area contributed by atoms with Crippen molar-refractivity contribution >= 4 is 15.9 Å². The number of carbonyl (C=O) groups excluding carboxylic acids is 1. The largest absolute Gasteiger partial charge is 0.390 e. The number of hydrogen-bond donors (Lipinski definition) is 2. The summed E-state index contributed by atoms with van der Waals surface area (Å²) in [5.74, 6) is -0.168. The molecule has 1 amide bonds. The molecule has 0 aromatic rings. The third-order valence-electron chi connectivity index (χ3n) is 7.45. The Morgan fingerprint density at radius 2 is 1.67 bits per heavy atom. The molecule has 2 N–H and O–H groups in total. The number of aliphatic hydroxyl groups excluding tert-OH is 2. The fraction of sp³-hybridized carbons (Fsp3) is 0.857. The fourth-order valence-electron chi connectivity index (χ4n) is 5.56. The van der Waals surface area contributed by atoms with Gasteiger partial charge >= 0.3 is 0 Å². The number of aliphatic hydroxyl groups is 2. The number of hydrogen-bond acceptors (Lipinski definition) is 6. The first kappa shape index (κ1) is 22.2. The standard InChI is InChI=1S/C21H34N2O6S/c1-29-19-8-7-17(9-18(19)24)30(27,28)23-12-15-10-22(11-16(15)13-23)21(26)20(25)14-5-3-2-4-6-14/h14,17-20,24-25H,2-13H2,1H3/t17?,18?,19?,20-/m0/s1. The Kier molecular flexibility index (Phi) is 6.56. The maximum atomic E-state index is 13.1. The van der Waals surface area contributed by atoms with E-state index in [0.717, 1.165) is 36.8 Å². The summed E-state index contributed by atoms with van der Waals surface area (Å²) < 4.78 is 33.0. The molecule has 2 aliphatic heterocycles. The van der Waals surface area contributed by atoms with Crippen LogP contribution in [0.3, 0.4) is 0 Å². The van der Waals surface area contributed by atoms with Crippen LogP contribution in [-0.4, -0.2) is 90.6 Å². The highest BCUT2D eigenvalue weighted by Crippen LogP contribution is 2.34. The molecule has 0 aromatic heterocycles. The lowest BCUT2D eigenvalue weighted by molar-refractivity contribution is -0.142. The second-order valence-corrected chi connectivity index (χ2v) is 11.5. The van der Waals surface area contributed by atoms with E-state index in [2.05, 4.69) is 0 Å². The van der Waals surface area contributed by atoms with Gasteiger partial charge in [-0.15, -0.1) is 0 Å². The minimum atomic E-state index is -3.52. The van der Waals surface area contributed by atoms with Crippen molar-refractivity contribution in [1.29, 1.82) is 0 Å². The molecule has 4 aliphatic rings. The summed E-state index contributed by atoms with van der Waals surface area (Å²) in [6.07, 6.45) is 4.31. The lowest BCUT2D eigenvalue weighted by atomic mass is 9.85. The smallest absolute Gasteiger partial charge is 0.252 e. The topological polar surface area (TPSA) is 107 Å². The Bertz CT molecular complexity index is 773. The van der Waals surface area contributed by atoms with E-state index < -0.39 is 27.5 Å². The van der Waals surface area contributed by atoms with Gasteiger partial charge in [-0.25, -0.2) is 8.42 Å². The third kappa shape index (κ3) is 4.19. The van der Waals surface area contributed by atoms with Crippen molar-refractivity contribution < 1.29 is 28.2 Å². The van der Waals surface area contributed by atoms with E-state index in [9.17, 15) is 23.4 Å². The number of sulfonamides is 1. The van der Waals surface area contributed by atoms with Crippen molar-refractivity contribution in [2.24, 2.45) is 5.92 Å². The molecular formula is C21H34N2O6S. The Balaban J connectivity index is 1.32. The Hall–Kier alpha value is -1.00. The normalized spacial score (nSPS) is 32.5. The van der Waals surface area contributed by atoms with Crippen molar-refractivity contribution in [3.8, 4) is 0 Å². The van der Waals surface area contributed by atoms with Gasteiger partial charge in [-0.3, -0.25) is 4.79 Å². The summed E-state index contributed by atoms with van der Waals surface area (Å²) in [6, 6.07) is 0. The maximum absolute atomic E-state index is 13.1. The van der Waals surface area contributed by atoms with Crippen LogP contribution in [0, 0.1) is 5.92 Å². The van der Waals surface area contributed by atoms with Crippen LogP contribution in [0.5, 0.6) is 0 Å². The van der Waals surface area contributed by atoms with E-state index in [-0.39, 0.29) is 24.3 Å². The number of nitrogens with zero attached hydrogens (tertiary/aromatic N) is 2. The van der Waals surface area contributed by atoms with Gasteiger partial charge in [0.05, 0.1) is 17.5 Å². The zero-order valence-electron chi connectivity index (χ0n) is 17.7. The van der Waals surface area contributed by atoms with E-state index in [1.807, 2.05) is 0 Å². The summed E-state index contributed by atoms with van der Waals surface area (Å²) in [5.41, 5.74) is 1.96. The van der Waals surface area contributed by atoms with Crippen molar-refractivity contribution in [3.63, 3.8) is 0 Å². The number of rotatable bonds is 5. The van der Waals surface area contributed by atoms with E-state index in [1.165, 1.54) is 17.8 Å². The zero-order chi connectivity index (χ0) is 21.5. The molecule has 3 unspecified atom stereocenters. The molecule has 0 saturated heterocycles. The van der Waals surface area contributed by atoms with Gasteiger partial charge in [0.25, 0.3) is 5.91 Å². The molecule has 0 bridgehead atoms. The quantitative estimate of drug-likeness (QED) is 0.605. The second-order valence-electron chi connectivity index (χ2n) is 9.33. The lowest BCUT2D eigenvalue weighted by Gasteiger charge is -2.34. The van der Waals surface area contributed by atoms with Gasteiger partial charge in [-0.2, -0.15) is 4.31 Å². The van der Waals surface area contributed by atoms with E-state index in [4.69, 9.17) is 4.74 Å². The van der Waals surface area contributed by atoms with E-state index in [1.54, 1.807) is 4.90 Å². The molecule has 0 radical (unpaired) electrons. The Morgan fingerprint density at radius 1 is 1.03 bits per heavy atom. The summed E-state index contributed by atoms with van der Waals surface area (Å²) >= 11 is 0. The highest BCUT2D eigenvalue weighted by molar-refractivity contribution is 7.89. The van der Waals surface area contributed by atoms with E-state index in [0.29, 0.717) is 39.0 Å². The summed E-state index contributed by atoms with van der Waals surface area (Å²) in [4.78, 5) is 14.5. The van der Waals surface area contributed by atoms with Gasteiger partial charge in [0, 0.05) is 33.3 Å². The lowest BCUT2D eigenvalue weighted by Crippen LogP contribution is -2.47. The first-order chi connectivity index (χ1) is 14.3. The molecule has 2 fully saturated rings. The highest BCUT2D eigenvalue weighted by atomic mass is 32.2. The van der Waals surface area contributed by atoms with E-state index >= 15 is 0 Å². The van der Waals surface area contributed by atoms with Crippen LogP contribution in [-0.2, 0) is 19.6 Å². The SMILES string of the molecule is COC1CCC(S(=O)(=O)N2CC3=C(CN(C(=O)[C@@H](O)C4CCCCC4)C3)C2)CC1O. The van der Waals surface area contributed by atoms with Crippen molar-refractivity contribution in [3.05, 3.63) is 11.1 Å². The van der Waals surface area contributed by atoms with Crippen LogP contribution < -0.4 is 0 Å². The monoisotopic (exact) mass is 442 g/mol. The van der Waals surface area contributed by atoms with Gasteiger partial charge in [0.2, 0.25) is 10.0 Å². The second kappa shape index (κ2) is 8.86. The summed E-state index contributed by atoms with van der Waals surface area (Å²) in [7, 11) is -1.98. The molecule has 0 aromatic carbocycles. The van der Waals surface area contributed by atoms with Gasteiger partial charge in [-0.05, 0) is 49.2 Å². The van der Waals surface area contributed by atoms with Crippen LogP contribution in [0.4, 0.5) is 0 Å². The minimum Gasteiger partial charge on any atom is -0.390 e. The van der Waals surface area contributed by atoms with Gasteiger partial charge < -0.3 is 19.8 Å². The number of ether oxygens (including phenoxy) is 1. The van der Waals surface area contributed by atoms with Crippen molar-refractivity contribution in [2.45, 2.75) is 74.9 Å². The van der Waals surface area contributed by atoms with Crippen LogP contribution in [0.15, 0.2) is 11.1 Å². The molecule has 2 saturated carbocycles. The Morgan fingerprint density at radius 3 is 2.23 bits per heavy atom. The number of amides is 1. The third-order valence-corrected chi connectivity index (χ3v) is 9.70. The molecule has 170 valence electrons. The molecule has 4 rings (SSSR count). The molecule has 4 atom stereocenters. The van der Waals surface area contributed by atoms with Gasteiger partial charge in [0.15, 0.2) is 0 Å². The van der Waals surface area contributed by atoms with Gasteiger partial charge in [-0.1, -0.05) is 19.3 Å². The average molecular weight is 443 g/mol. The molecule has 2 aliphatic carbocycles. The molecular weight excluding hydrogens is 408 g/mol. The number of carbonyl (C=O) groups is 1.